The van der Waals surface area contributed by atoms with E-state index in [2.05, 4.69) is 17.4 Å². The summed E-state index contributed by atoms with van der Waals surface area (Å²) in [7, 11) is -4.95. The minimum atomic E-state index is -4.95. The van der Waals surface area contributed by atoms with E-state index in [1.165, 1.54) is 5.56 Å². The summed E-state index contributed by atoms with van der Waals surface area (Å²) in [6.07, 6.45) is 0.826. The van der Waals surface area contributed by atoms with Crippen LogP contribution in [-0.2, 0) is 9.36 Å². The molecule has 0 aliphatic carbocycles. The van der Waals surface area contributed by atoms with Gasteiger partial charge in [0.05, 0.1) is 11.3 Å². The van der Waals surface area contributed by atoms with Crippen LogP contribution in [0.25, 0.3) is 21.5 Å². The van der Waals surface area contributed by atoms with Crippen molar-refractivity contribution >= 4 is 46.6 Å². The molecule has 0 aromatic heterocycles. The third-order valence-corrected chi connectivity index (χ3v) is 9.01. The third kappa shape index (κ3) is 5.40. The van der Waals surface area contributed by atoms with Crippen LogP contribution in [0.1, 0.15) is 39.5 Å². The van der Waals surface area contributed by atoms with E-state index in [-0.39, 0.29) is 28.6 Å². The largest absolute Gasteiger partial charge is 0.342 e. The number of nitrogens with zero attached hydrogens (tertiary/aromatic N) is 1. The number of anilines is 1. The van der Waals surface area contributed by atoms with E-state index < -0.39 is 19.2 Å². The second-order valence-electron chi connectivity index (χ2n) is 10.4. The highest BCUT2D eigenvalue weighted by Crippen LogP contribution is 2.53. The summed E-state index contributed by atoms with van der Waals surface area (Å²) in [5.41, 5.74) is 0.160. The van der Waals surface area contributed by atoms with Gasteiger partial charge in [0, 0.05) is 19.0 Å². The van der Waals surface area contributed by atoms with E-state index in [0.29, 0.717) is 18.5 Å². The Bertz CT molecular complexity index is 1810. The van der Waals surface area contributed by atoms with E-state index in [1.807, 2.05) is 60.7 Å². The number of benzene rings is 5. The first-order valence-corrected chi connectivity index (χ1v) is 15.2. The Labute approximate surface area is 237 Å². The summed E-state index contributed by atoms with van der Waals surface area (Å²) in [6.45, 7) is 1.11. The zero-order valence-corrected chi connectivity index (χ0v) is 23.1. The Balaban J connectivity index is 1.37. The van der Waals surface area contributed by atoms with Gasteiger partial charge in [-0.25, -0.2) is 0 Å². The molecule has 3 N–H and O–H groups in total. The molecule has 5 aromatic rings. The summed E-state index contributed by atoms with van der Waals surface area (Å²) in [5, 5.41) is 5.71. The molecule has 0 radical (unpaired) electrons. The van der Waals surface area contributed by atoms with Gasteiger partial charge < -0.3 is 20.0 Å². The lowest BCUT2D eigenvalue weighted by molar-refractivity contribution is -0.116. The molecule has 206 valence electrons. The van der Waals surface area contributed by atoms with Crippen LogP contribution in [0.3, 0.4) is 0 Å². The Kier molecular flexibility index (Phi) is 7.18. The van der Waals surface area contributed by atoms with Gasteiger partial charge in [-0.05, 0) is 51.2 Å². The minimum absolute atomic E-state index is 0.212. The molecule has 41 heavy (non-hydrogen) atoms. The first-order chi connectivity index (χ1) is 19.8. The van der Waals surface area contributed by atoms with Crippen LogP contribution < -0.4 is 5.32 Å². The smallest absolute Gasteiger partial charge is 0.338 e. The number of rotatable bonds is 6. The zero-order chi connectivity index (χ0) is 28.6. The van der Waals surface area contributed by atoms with Crippen LogP contribution in [0.2, 0.25) is 0 Å². The highest BCUT2D eigenvalue weighted by Gasteiger charge is 2.39. The number of likely N-dealkylation sites (tertiary alicyclic amines) is 1. The summed E-state index contributed by atoms with van der Waals surface area (Å²) in [4.78, 5) is 50.2. The maximum Gasteiger partial charge on any atom is 0.342 e. The van der Waals surface area contributed by atoms with Gasteiger partial charge in [0.25, 0.3) is 5.91 Å². The van der Waals surface area contributed by atoms with Gasteiger partial charge in [0.1, 0.15) is 0 Å². The minimum Gasteiger partial charge on any atom is -0.338 e. The molecule has 1 aliphatic rings. The maximum atomic E-state index is 13.9. The normalized spacial score (nSPS) is 16.1. The molecular formula is C33H29N2O5P. The Morgan fingerprint density at radius 1 is 0.805 bits per heavy atom. The molecule has 1 fully saturated rings. The van der Waals surface area contributed by atoms with Crippen molar-refractivity contribution in [2.24, 2.45) is 0 Å². The van der Waals surface area contributed by atoms with Crippen molar-refractivity contribution in [2.75, 3.05) is 18.4 Å². The fraction of sp³-hybridized carbons (Fsp3) is 0.152. The fourth-order valence-electron chi connectivity index (χ4n) is 5.80. The Morgan fingerprint density at radius 3 is 2.17 bits per heavy atom. The molecule has 5 aromatic carbocycles. The predicted octanol–water partition coefficient (Wildman–Crippen LogP) is 6.48. The fourth-order valence-corrected chi connectivity index (χ4v) is 6.76. The van der Waals surface area contributed by atoms with E-state index in [1.54, 1.807) is 41.3 Å². The molecule has 0 saturated carbocycles. The van der Waals surface area contributed by atoms with Crippen molar-refractivity contribution in [3.63, 3.8) is 0 Å². The van der Waals surface area contributed by atoms with E-state index in [0.717, 1.165) is 22.6 Å². The van der Waals surface area contributed by atoms with E-state index in [4.69, 9.17) is 0 Å². The van der Waals surface area contributed by atoms with Crippen molar-refractivity contribution in [2.45, 2.75) is 18.0 Å². The molecule has 1 saturated heterocycles. The molecule has 1 heterocycles. The standard InChI is InChI=1S/C33H29N2O5P/c36-32(31(41(38,39)40)28-16-8-14-23-11-6-7-15-27(23)28)34-30-20-25-13-5-4-12-24(25)19-29(30)33(37)35-18-17-26(21-35)22-9-2-1-3-10-22/h1-16,19-20,26,31H,17-18,21H2,(H,34,36)(H2,38,39,40). The monoisotopic (exact) mass is 564 g/mol. The molecule has 0 spiro atoms. The van der Waals surface area contributed by atoms with E-state index in [9.17, 15) is 23.9 Å². The molecule has 6 rings (SSSR count). The number of carbonyl (C=O) groups excluding carboxylic acids is 2. The van der Waals surface area contributed by atoms with Crippen molar-refractivity contribution in [3.05, 3.63) is 126 Å². The summed E-state index contributed by atoms with van der Waals surface area (Å²) < 4.78 is 12.8. The zero-order valence-electron chi connectivity index (χ0n) is 22.2. The molecule has 0 bridgehead atoms. The van der Waals surface area contributed by atoms with Crippen LogP contribution in [0.15, 0.2) is 109 Å². The Morgan fingerprint density at radius 2 is 1.44 bits per heavy atom. The highest BCUT2D eigenvalue weighted by atomic mass is 31.2. The Hall–Kier alpha value is -4.29. The van der Waals surface area contributed by atoms with Gasteiger partial charge >= 0.3 is 7.60 Å². The van der Waals surface area contributed by atoms with Crippen LogP contribution in [0, 0.1) is 0 Å². The summed E-state index contributed by atoms with van der Waals surface area (Å²) in [5.74, 6) is -0.894. The second kappa shape index (κ2) is 10.9. The van der Waals surface area contributed by atoms with Crippen LogP contribution >= 0.6 is 7.60 Å². The van der Waals surface area contributed by atoms with Gasteiger partial charge in [-0.2, -0.15) is 0 Å². The quantitative estimate of drug-likeness (QED) is 0.205. The van der Waals surface area contributed by atoms with Crippen LogP contribution in [0.4, 0.5) is 5.69 Å². The number of hydrogen-bond acceptors (Lipinski definition) is 3. The van der Waals surface area contributed by atoms with Crippen LogP contribution in [0.5, 0.6) is 0 Å². The average Bonchev–Trinajstić information content (AvgIpc) is 3.47. The van der Waals surface area contributed by atoms with Gasteiger partial charge in [0.2, 0.25) is 5.91 Å². The van der Waals surface area contributed by atoms with E-state index >= 15 is 0 Å². The second-order valence-corrected chi connectivity index (χ2v) is 12.1. The lowest BCUT2D eigenvalue weighted by Crippen LogP contribution is -2.30. The average molecular weight is 565 g/mol. The molecular weight excluding hydrogens is 535 g/mol. The topological polar surface area (TPSA) is 107 Å². The summed E-state index contributed by atoms with van der Waals surface area (Å²) in [6, 6.07) is 33.2. The maximum absolute atomic E-state index is 13.9. The van der Waals surface area contributed by atoms with Gasteiger partial charge in [-0.1, -0.05) is 97.1 Å². The first kappa shape index (κ1) is 26.9. The number of fused-ring (bicyclic) bond motifs is 2. The van der Waals surface area contributed by atoms with Gasteiger partial charge in [0.15, 0.2) is 5.66 Å². The van der Waals surface area contributed by atoms with Gasteiger partial charge in [-0.3, -0.25) is 14.2 Å². The van der Waals surface area contributed by atoms with Crippen molar-refractivity contribution in [1.29, 1.82) is 0 Å². The SMILES string of the molecule is O=C(Nc1cc2ccccc2cc1C(=O)N1CCC(c2ccccc2)C1)C(c1cccc2ccccc12)P(=O)(O)O. The molecule has 2 amide bonds. The number of carbonyl (C=O) groups is 2. The first-order valence-electron chi connectivity index (χ1n) is 13.5. The highest BCUT2D eigenvalue weighted by molar-refractivity contribution is 7.53. The third-order valence-electron chi connectivity index (χ3n) is 7.82. The molecule has 2 unspecified atom stereocenters. The molecule has 2 atom stereocenters. The number of nitrogens with one attached hydrogen (secondary N) is 1. The predicted molar refractivity (Wildman–Crippen MR) is 161 cm³/mol. The molecule has 8 heteroatoms. The van der Waals surface area contributed by atoms with Gasteiger partial charge in [-0.15, -0.1) is 0 Å². The van der Waals surface area contributed by atoms with Crippen LogP contribution in [-0.4, -0.2) is 39.6 Å². The molecule has 7 nitrogen and oxygen atoms in total. The lowest BCUT2D eigenvalue weighted by Gasteiger charge is -2.23. The molecule has 1 aliphatic heterocycles. The van der Waals surface area contributed by atoms with Crippen molar-refractivity contribution in [1.82, 2.24) is 4.90 Å². The van der Waals surface area contributed by atoms with Crippen molar-refractivity contribution in [3.8, 4) is 0 Å². The van der Waals surface area contributed by atoms with Crippen molar-refractivity contribution < 1.29 is 23.9 Å². The lowest BCUT2D eigenvalue weighted by atomic mass is 9.99. The summed E-state index contributed by atoms with van der Waals surface area (Å²) >= 11 is 0. The number of hydrogen-bond donors (Lipinski definition) is 3. The number of amides is 2.